The molecule has 0 atom stereocenters. The molecule has 6 nitrogen and oxygen atoms in total. The van der Waals surface area contributed by atoms with Gasteiger partial charge in [0.05, 0.1) is 10.5 Å². The molecule has 2 aliphatic rings. The number of ether oxygens (including phenoxy) is 1. The highest BCUT2D eigenvalue weighted by molar-refractivity contribution is 7.92. The van der Waals surface area contributed by atoms with Gasteiger partial charge in [0, 0.05) is 45.3 Å². The molecule has 1 aromatic carbocycles. The largest absolute Gasteiger partial charge is 0.381 e. The summed E-state index contributed by atoms with van der Waals surface area (Å²) < 4.78 is 29.6. The van der Waals surface area contributed by atoms with Crippen molar-refractivity contribution in [3.05, 3.63) is 35.4 Å². The number of aliphatic imine (C=N–C) groups is 1. The van der Waals surface area contributed by atoms with Gasteiger partial charge in [0.1, 0.15) is 0 Å². The van der Waals surface area contributed by atoms with E-state index < -0.39 is 14.6 Å². The molecule has 3 rings (SSSR count). The van der Waals surface area contributed by atoms with E-state index >= 15 is 0 Å². The molecule has 2 heterocycles. The summed E-state index contributed by atoms with van der Waals surface area (Å²) in [4.78, 5) is 6.54. The molecular weight excluding hydrogens is 374 g/mol. The predicted octanol–water partition coefficient (Wildman–Crippen LogP) is 2.13. The average molecular weight is 408 g/mol. The Morgan fingerprint density at radius 3 is 2.54 bits per heavy atom. The standard InChI is InChI=1S/C21H33N3O3S/c1-17-7-5-6-8-18(17)21(9-12-27-13-10-21)15-23-19(22-4)24-11-14-28(25,26)20(2,3)16-24/h5-8H,9-16H2,1-4H3,(H,22,23). The fraction of sp³-hybridized carbons (Fsp3) is 0.667. The van der Waals surface area contributed by atoms with Crippen molar-refractivity contribution in [2.24, 2.45) is 4.99 Å². The van der Waals surface area contributed by atoms with Crippen molar-refractivity contribution < 1.29 is 13.2 Å². The van der Waals surface area contributed by atoms with Crippen LogP contribution in [-0.2, 0) is 20.0 Å². The third-order valence-corrected chi connectivity index (χ3v) is 8.84. The van der Waals surface area contributed by atoms with E-state index in [1.807, 2.05) is 0 Å². The third kappa shape index (κ3) is 4.06. The Hall–Kier alpha value is -1.60. The lowest BCUT2D eigenvalue weighted by Crippen LogP contribution is -2.58. The van der Waals surface area contributed by atoms with E-state index in [0.29, 0.717) is 13.1 Å². The van der Waals surface area contributed by atoms with E-state index in [2.05, 4.69) is 46.4 Å². The fourth-order valence-electron chi connectivity index (χ4n) is 4.38. The van der Waals surface area contributed by atoms with Crippen molar-refractivity contribution in [2.45, 2.75) is 43.8 Å². The van der Waals surface area contributed by atoms with Gasteiger partial charge in [-0.1, -0.05) is 24.3 Å². The Balaban J connectivity index is 1.78. The molecule has 0 aromatic heterocycles. The number of rotatable bonds is 3. The van der Waals surface area contributed by atoms with Gasteiger partial charge in [0.15, 0.2) is 15.8 Å². The SMILES string of the molecule is CN=C(NCC1(c2ccccc2C)CCOCC1)N1CCS(=O)(=O)C(C)(C)C1. The molecule has 1 aromatic rings. The first kappa shape index (κ1) is 21.1. The second kappa shape index (κ2) is 8.03. The molecule has 156 valence electrons. The van der Waals surface area contributed by atoms with Crippen LogP contribution in [0, 0.1) is 6.92 Å². The monoisotopic (exact) mass is 407 g/mol. The molecule has 1 N–H and O–H groups in total. The molecule has 28 heavy (non-hydrogen) atoms. The summed E-state index contributed by atoms with van der Waals surface area (Å²) >= 11 is 0. The van der Waals surface area contributed by atoms with Gasteiger partial charge in [-0.2, -0.15) is 0 Å². The Morgan fingerprint density at radius 2 is 1.93 bits per heavy atom. The van der Waals surface area contributed by atoms with Crippen molar-refractivity contribution in [1.29, 1.82) is 0 Å². The van der Waals surface area contributed by atoms with Gasteiger partial charge in [-0.25, -0.2) is 8.42 Å². The van der Waals surface area contributed by atoms with E-state index in [-0.39, 0.29) is 11.2 Å². The predicted molar refractivity (Wildman–Crippen MR) is 114 cm³/mol. The molecule has 0 unspecified atom stereocenters. The van der Waals surface area contributed by atoms with Crippen molar-refractivity contribution in [3.8, 4) is 0 Å². The lowest BCUT2D eigenvalue weighted by Gasteiger charge is -2.42. The number of nitrogens with zero attached hydrogens (tertiary/aromatic N) is 2. The van der Waals surface area contributed by atoms with E-state index in [0.717, 1.165) is 38.6 Å². The molecule has 0 aliphatic carbocycles. The topological polar surface area (TPSA) is 71.0 Å². The van der Waals surface area contributed by atoms with Crippen LogP contribution in [0.1, 0.15) is 37.8 Å². The molecule has 0 spiro atoms. The molecule has 2 fully saturated rings. The van der Waals surface area contributed by atoms with Crippen LogP contribution in [0.3, 0.4) is 0 Å². The minimum absolute atomic E-state index is 0.00306. The molecule has 2 saturated heterocycles. The van der Waals surface area contributed by atoms with Crippen LogP contribution in [0.5, 0.6) is 0 Å². The van der Waals surface area contributed by atoms with Crippen molar-refractivity contribution in [1.82, 2.24) is 10.2 Å². The van der Waals surface area contributed by atoms with E-state index in [1.165, 1.54) is 11.1 Å². The highest BCUT2D eigenvalue weighted by Gasteiger charge is 2.42. The highest BCUT2D eigenvalue weighted by atomic mass is 32.2. The number of guanidine groups is 1. The Morgan fingerprint density at radius 1 is 1.25 bits per heavy atom. The van der Waals surface area contributed by atoms with Crippen molar-refractivity contribution in [2.75, 3.05) is 45.6 Å². The quantitative estimate of drug-likeness (QED) is 0.614. The lowest BCUT2D eigenvalue weighted by atomic mass is 9.72. The van der Waals surface area contributed by atoms with Crippen LogP contribution >= 0.6 is 0 Å². The minimum atomic E-state index is -3.07. The van der Waals surface area contributed by atoms with Crippen LogP contribution in [0.4, 0.5) is 0 Å². The smallest absolute Gasteiger partial charge is 0.193 e. The molecule has 0 saturated carbocycles. The van der Waals surface area contributed by atoms with Crippen molar-refractivity contribution in [3.63, 3.8) is 0 Å². The van der Waals surface area contributed by atoms with E-state index in [1.54, 1.807) is 20.9 Å². The summed E-state index contributed by atoms with van der Waals surface area (Å²) in [6, 6.07) is 8.57. The zero-order chi connectivity index (χ0) is 20.4. The van der Waals surface area contributed by atoms with Crippen LogP contribution in [0.2, 0.25) is 0 Å². The molecular formula is C21H33N3O3S. The maximum absolute atomic E-state index is 12.3. The third-order valence-electron chi connectivity index (χ3n) is 6.31. The first-order chi connectivity index (χ1) is 13.2. The Kier molecular flexibility index (Phi) is 6.05. The highest BCUT2D eigenvalue weighted by Crippen LogP contribution is 2.36. The van der Waals surface area contributed by atoms with Gasteiger partial charge in [-0.3, -0.25) is 4.99 Å². The van der Waals surface area contributed by atoms with E-state index in [4.69, 9.17) is 4.74 Å². The molecule has 2 aliphatic heterocycles. The van der Waals surface area contributed by atoms with Crippen molar-refractivity contribution >= 4 is 15.8 Å². The first-order valence-corrected chi connectivity index (χ1v) is 11.7. The van der Waals surface area contributed by atoms with Gasteiger partial charge in [-0.05, 0) is 44.7 Å². The maximum atomic E-state index is 12.3. The minimum Gasteiger partial charge on any atom is -0.381 e. The molecule has 7 heteroatoms. The summed E-state index contributed by atoms with van der Waals surface area (Å²) in [5.74, 6) is 0.944. The molecule has 0 bridgehead atoms. The lowest BCUT2D eigenvalue weighted by molar-refractivity contribution is 0.0509. The summed E-state index contributed by atoms with van der Waals surface area (Å²) in [7, 11) is -1.31. The van der Waals surface area contributed by atoms with Crippen LogP contribution < -0.4 is 5.32 Å². The van der Waals surface area contributed by atoms with Crippen LogP contribution in [0.25, 0.3) is 0 Å². The number of hydrogen-bond donors (Lipinski definition) is 1. The van der Waals surface area contributed by atoms with Gasteiger partial charge in [0.2, 0.25) is 0 Å². The summed E-state index contributed by atoms with van der Waals surface area (Å²) in [6.07, 6.45) is 1.92. The number of benzene rings is 1. The second-order valence-corrected chi connectivity index (χ2v) is 11.4. The summed E-state index contributed by atoms with van der Waals surface area (Å²) in [6.45, 7) is 8.97. The molecule has 0 radical (unpaired) electrons. The maximum Gasteiger partial charge on any atom is 0.193 e. The van der Waals surface area contributed by atoms with Crippen LogP contribution in [-0.4, -0.2) is 69.7 Å². The number of hydrogen-bond acceptors (Lipinski definition) is 4. The zero-order valence-electron chi connectivity index (χ0n) is 17.5. The van der Waals surface area contributed by atoms with Gasteiger partial charge in [0.25, 0.3) is 0 Å². The zero-order valence-corrected chi connectivity index (χ0v) is 18.3. The number of aryl methyl sites for hydroxylation is 1. The van der Waals surface area contributed by atoms with Crippen LogP contribution in [0.15, 0.2) is 29.3 Å². The van der Waals surface area contributed by atoms with Gasteiger partial charge < -0.3 is 15.0 Å². The average Bonchev–Trinajstić information content (AvgIpc) is 2.66. The fourth-order valence-corrected chi connectivity index (χ4v) is 5.74. The first-order valence-electron chi connectivity index (χ1n) is 10.0. The summed E-state index contributed by atoms with van der Waals surface area (Å²) in [5, 5.41) is 3.57. The number of nitrogens with one attached hydrogen (secondary N) is 1. The number of sulfone groups is 1. The summed E-state index contributed by atoms with van der Waals surface area (Å²) in [5.41, 5.74) is 2.66. The van der Waals surface area contributed by atoms with E-state index in [9.17, 15) is 8.42 Å². The molecule has 0 amide bonds. The second-order valence-electron chi connectivity index (χ2n) is 8.61. The van der Waals surface area contributed by atoms with Gasteiger partial charge in [-0.15, -0.1) is 0 Å². The normalized spacial score (nSPS) is 24.0. The van der Waals surface area contributed by atoms with Gasteiger partial charge >= 0.3 is 0 Å². The Labute approximate surface area is 169 Å². The Bertz CT molecular complexity index is 827.